The third kappa shape index (κ3) is 4.97. The van der Waals surface area contributed by atoms with Crippen molar-refractivity contribution in [2.24, 2.45) is 0 Å². The van der Waals surface area contributed by atoms with Crippen LogP contribution in [0.5, 0.6) is 0 Å². The molecular weight excluding hydrogens is 527 g/mol. The highest BCUT2D eigenvalue weighted by Gasteiger charge is 2.30. The van der Waals surface area contributed by atoms with Gasteiger partial charge < -0.3 is 10.1 Å². The molecule has 0 spiro atoms. The first-order chi connectivity index (χ1) is 17.0. The molecule has 0 amide bonds. The summed E-state index contributed by atoms with van der Waals surface area (Å²) in [6, 6.07) is 6.02. The third-order valence-electron chi connectivity index (χ3n) is 5.02. The summed E-state index contributed by atoms with van der Waals surface area (Å²) in [4.78, 5) is 14.3. The Bertz CT molecular complexity index is 1650. The number of hydrogen-bond donors (Lipinski definition) is 3. The molecule has 4 aromatic rings. The van der Waals surface area contributed by atoms with Gasteiger partial charge in [-0.25, -0.2) is 30.4 Å². The van der Waals surface area contributed by atoms with Crippen LogP contribution in [0.15, 0.2) is 46.8 Å². The van der Waals surface area contributed by atoms with Crippen molar-refractivity contribution in [2.45, 2.75) is 16.7 Å². The molecule has 6 nitrogen and oxygen atoms in total. The molecule has 36 heavy (non-hydrogen) atoms. The molecule has 13 heteroatoms. The van der Waals surface area contributed by atoms with Gasteiger partial charge in [-0.3, -0.25) is 4.79 Å². The number of benzene rings is 2. The largest absolute Gasteiger partial charge is 0.480 e. The first-order valence-corrected chi connectivity index (χ1v) is 12.2. The molecule has 0 aliphatic rings. The Labute approximate surface area is 204 Å². The fraction of sp³-hybridized carbons (Fsp3) is 0.0870. The van der Waals surface area contributed by atoms with Gasteiger partial charge in [0.15, 0.2) is 23.3 Å². The lowest BCUT2D eigenvalue weighted by molar-refractivity contribution is -0.138. The number of sulfonamides is 1. The summed E-state index contributed by atoms with van der Waals surface area (Å²) in [5, 5.41) is 8.80. The van der Waals surface area contributed by atoms with E-state index in [1.165, 1.54) is 36.4 Å². The molecule has 1 atom stereocenters. The minimum absolute atomic E-state index is 0.276. The summed E-state index contributed by atoms with van der Waals surface area (Å²) in [6.07, 6.45) is 0.229. The van der Waals surface area contributed by atoms with Crippen LogP contribution < -0.4 is 4.72 Å². The minimum atomic E-state index is -4.40. The lowest BCUT2D eigenvalue weighted by Gasteiger charge is -2.14. The van der Waals surface area contributed by atoms with Crippen LogP contribution in [0, 0.1) is 40.9 Å². The van der Waals surface area contributed by atoms with Crippen LogP contribution in [0.3, 0.4) is 0 Å². The number of rotatable bonds is 6. The third-order valence-corrected chi connectivity index (χ3v) is 7.98. The van der Waals surface area contributed by atoms with E-state index < -0.39 is 68.4 Å². The van der Waals surface area contributed by atoms with E-state index >= 15 is 0 Å². The van der Waals surface area contributed by atoms with Gasteiger partial charge >= 0.3 is 5.97 Å². The summed E-state index contributed by atoms with van der Waals surface area (Å²) in [5.41, 5.74) is -0.527. The highest BCUT2D eigenvalue weighted by molar-refractivity contribution is 7.91. The fourth-order valence-electron chi connectivity index (χ4n) is 3.30. The second-order valence-electron chi connectivity index (χ2n) is 7.41. The van der Waals surface area contributed by atoms with Gasteiger partial charge in [0, 0.05) is 23.6 Å². The van der Waals surface area contributed by atoms with Gasteiger partial charge in [0.25, 0.3) is 10.0 Å². The van der Waals surface area contributed by atoms with Crippen molar-refractivity contribution >= 4 is 38.2 Å². The zero-order valence-electron chi connectivity index (χ0n) is 17.7. The number of carboxylic acids is 1. The second-order valence-corrected chi connectivity index (χ2v) is 10.4. The van der Waals surface area contributed by atoms with Crippen LogP contribution in [-0.4, -0.2) is 30.5 Å². The molecule has 0 radical (unpaired) electrons. The van der Waals surface area contributed by atoms with Crippen LogP contribution in [0.2, 0.25) is 0 Å². The average molecular weight is 540 g/mol. The van der Waals surface area contributed by atoms with E-state index in [2.05, 4.69) is 16.8 Å². The standard InChI is InChI=1S/C23H13F5N2O4S2/c24-13-4-1-11(2-5-13)3-6-14-7-8-16(35-14)36(33,34)30-15(23(31)32)9-12-10-29-22-17(12)18(25)19(26)20(27)21(22)28/h1-2,4-5,7-8,10,15,29-30H,9H2,(H,31,32)/t15-/m0/s1. The molecule has 0 bridgehead atoms. The molecule has 186 valence electrons. The maximum Gasteiger partial charge on any atom is 0.322 e. The van der Waals surface area contributed by atoms with E-state index in [9.17, 15) is 40.3 Å². The number of carbonyl (C=O) groups is 1. The van der Waals surface area contributed by atoms with Crippen molar-refractivity contribution in [1.82, 2.24) is 9.71 Å². The lowest BCUT2D eigenvalue weighted by Crippen LogP contribution is -2.42. The van der Waals surface area contributed by atoms with Gasteiger partial charge in [-0.05, 0) is 42.0 Å². The van der Waals surface area contributed by atoms with E-state index in [0.717, 1.165) is 17.5 Å². The monoisotopic (exact) mass is 540 g/mol. The summed E-state index contributed by atoms with van der Waals surface area (Å²) in [7, 11) is -4.40. The normalized spacial score (nSPS) is 12.4. The van der Waals surface area contributed by atoms with Crippen molar-refractivity contribution in [2.75, 3.05) is 0 Å². The lowest BCUT2D eigenvalue weighted by atomic mass is 10.0. The van der Waals surface area contributed by atoms with E-state index in [-0.39, 0.29) is 9.77 Å². The van der Waals surface area contributed by atoms with Gasteiger partial charge in [0.1, 0.15) is 16.1 Å². The number of hydrogen-bond acceptors (Lipinski definition) is 4. The maximum absolute atomic E-state index is 14.3. The number of aromatic amines is 1. The molecule has 2 heterocycles. The SMILES string of the molecule is O=C(O)[C@H](Cc1c[nH]c2c(F)c(F)c(F)c(F)c12)NS(=O)(=O)c1ccc(C#Cc2ccc(F)cc2)s1. The minimum Gasteiger partial charge on any atom is -0.480 e. The molecule has 0 fully saturated rings. The number of H-pyrrole nitrogens is 1. The molecule has 2 aromatic carbocycles. The molecule has 0 saturated carbocycles. The van der Waals surface area contributed by atoms with Crippen molar-refractivity contribution < 1.29 is 40.3 Å². The Morgan fingerprint density at radius 2 is 1.64 bits per heavy atom. The predicted octanol–water partition coefficient (Wildman–Crippen LogP) is 4.30. The summed E-state index contributed by atoms with van der Waals surface area (Å²) < 4.78 is 95.7. The first kappa shape index (κ1) is 25.4. The zero-order chi connectivity index (χ0) is 26.2. The van der Waals surface area contributed by atoms with E-state index in [4.69, 9.17) is 0 Å². The summed E-state index contributed by atoms with van der Waals surface area (Å²) in [6.45, 7) is 0. The van der Waals surface area contributed by atoms with Gasteiger partial charge in [0.2, 0.25) is 0 Å². The number of thiophene rings is 1. The number of fused-ring (bicyclic) bond motifs is 1. The zero-order valence-corrected chi connectivity index (χ0v) is 19.3. The van der Waals surface area contributed by atoms with Gasteiger partial charge in [-0.2, -0.15) is 4.72 Å². The Hall–Kier alpha value is -3.73. The highest BCUT2D eigenvalue weighted by atomic mass is 32.2. The Morgan fingerprint density at radius 3 is 2.31 bits per heavy atom. The highest BCUT2D eigenvalue weighted by Crippen LogP contribution is 2.30. The smallest absolute Gasteiger partial charge is 0.322 e. The number of aliphatic carboxylic acids is 1. The molecule has 0 unspecified atom stereocenters. The van der Waals surface area contributed by atoms with Crippen LogP contribution in [-0.2, 0) is 21.2 Å². The van der Waals surface area contributed by atoms with Crippen LogP contribution in [0.4, 0.5) is 22.0 Å². The summed E-state index contributed by atoms with van der Waals surface area (Å²) >= 11 is 0.736. The maximum atomic E-state index is 14.3. The molecule has 2 aromatic heterocycles. The summed E-state index contributed by atoms with van der Waals surface area (Å²) in [5.74, 6) is -4.20. The van der Waals surface area contributed by atoms with Crippen molar-refractivity contribution in [1.29, 1.82) is 0 Å². The van der Waals surface area contributed by atoms with Crippen LogP contribution in [0.25, 0.3) is 10.9 Å². The Kier molecular flexibility index (Phi) is 6.85. The molecule has 4 rings (SSSR count). The quantitative estimate of drug-likeness (QED) is 0.147. The van der Waals surface area contributed by atoms with Gasteiger partial charge in [-0.15, -0.1) is 11.3 Å². The van der Waals surface area contributed by atoms with Crippen molar-refractivity contribution in [3.05, 3.63) is 87.7 Å². The predicted molar refractivity (Wildman–Crippen MR) is 120 cm³/mol. The Morgan fingerprint density at radius 1 is 0.972 bits per heavy atom. The molecule has 0 saturated heterocycles. The molecular formula is C23H13F5N2O4S2. The first-order valence-electron chi connectivity index (χ1n) is 9.92. The van der Waals surface area contributed by atoms with Gasteiger partial charge in [-0.1, -0.05) is 11.8 Å². The van der Waals surface area contributed by atoms with E-state index in [1.807, 2.05) is 4.72 Å². The number of carboxylic acid groups (broad SMARTS) is 1. The molecule has 3 N–H and O–H groups in total. The van der Waals surface area contributed by atoms with E-state index in [1.54, 1.807) is 0 Å². The molecule has 0 aliphatic heterocycles. The van der Waals surface area contributed by atoms with Gasteiger partial charge in [0.05, 0.1) is 10.4 Å². The fourth-order valence-corrected chi connectivity index (χ4v) is 5.67. The topological polar surface area (TPSA) is 99.3 Å². The molecule has 0 aliphatic carbocycles. The van der Waals surface area contributed by atoms with E-state index in [0.29, 0.717) is 10.4 Å². The van der Waals surface area contributed by atoms with Crippen LogP contribution in [0.1, 0.15) is 16.0 Å². The second kappa shape index (κ2) is 9.73. The Balaban J connectivity index is 1.58. The van der Waals surface area contributed by atoms with Crippen LogP contribution >= 0.6 is 11.3 Å². The van der Waals surface area contributed by atoms with Crippen molar-refractivity contribution in [3.63, 3.8) is 0 Å². The number of aromatic nitrogens is 1. The number of halogens is 5. The van der Waals surface area contributed by atoms with Crippen molar-refractivity contribution in [3.8, 4) is 11.8 Å². The number of nitrogens with one attached hydrogen (secondary N) is 2. The average Bonchev–Trinajstić information content (AvgIpc) is 3.48.